The lowest BCUT2D eigenvalue weighted by Crippen LogP contribution is -2.26. The molecule has 0 aliphatic carbocycles. The fourth-order valence-corrected chi connectivity index (χ4v) is 4.03. The van der Waals surface area contributed by atoms with Crippen molar-refractivity contribution in [3.05, 3.63) is 94.5 Å². The summed E-state index contributed by atoms with van der Waals surface area (Å²) >= 11 is 5.93. The number of benzene rings is 2. The third-order valence-corrected chi connectivity index (χ3v) is 5.78. The molecule has 0 unspecified atom stereocenters. The van der Waals surface area contributed by atoms with E-state index in [2.05, 4.69) is 77.7 Å². The van der Waals surface area contributed by atoms with Crippen molar-refractivity contribution in [2.45, 2.75) is 34.0 Å². The molecule has 0 spiro atoms. The Morgan fingerprint density at radius 3 is 2.48 bits per heavy atom. The van der Waals surface area contributed by atoms with Crippen molar-refractivity contribution >= 4 is 12.2 Å². The van der Waals surface area contributed by atoms with E-state index in [0.29, 0.717) is 11.4 Å². The van der Waals surface area contributed by atoms with Gasteiger partial charge in [-0.3, -0.25) is 14.5 Å². The van der Waals surface area contributed by atoms with Gasteiger partial charge in [0.15, 0.2) is 5.82 Å². The molecule has 0 radical (unpaired) electrons. The number of rotatable bonds is 7. The molecule has 4 aromatic rings. The van der Waals surface area contributed by atoms with E-state index in [4.69, 9.17) is 17.3 Å². The second-order valence-electron chi connectivity index (χ2n) is 7.74. The van der Waals surface area contributed by atoms with Gasteiger partial charge < -0.3 is 0 Å². The van der Waals surface area contributed by atoms with Gasteiger partial charge >= 0.3 is 0 Å². The lowest BCUT2D eigenvalue weighted by atomic mass is 10.1. The summed E-state index contributed by atoms with van der Waals surface area (Å²) in [5.41, 5.74) is 5.66. The Balaban J connectivity index is 1.77. The van der Waals surface area contributed by atoms with E-state index in [0.717, 1.165) is 35.7 Å². The second kappa shape index (κ2) is 9.37. The van der Waals surface area contributed by atoms with Gasteiger partial charge in [0, 0.05) is 24.5 Å². The van der Waals surface area contributed by atoms with Crippen LogP contribution < -0.4 is 0 Å². The molecule has 6 heteroatoms. The van der Waals surface area contributed by atoms with Crippen LogP contribution in [-0.4, -0.2) is 30.8 Å². The number of nitrogens with zero attached hydrogens (tertiary/aromatic N) is 5. The Hall–Kier alpha value is -3.09. The van der Waals surface area contributed by atoms with Crippen molar-refractivity contribution in [1.82, 2.24) is 24.2 Å². The standard InChI is InChI=1S/C25H27N5S/c1-4-28(17-21-9-6-5-7-10-21)18-29-25(31)30(23-13-12-19(2)15-20(23)3)24(27-29)22-11-8-14-26-16-22/h5-16H,4,17-18H2,1-3H3. The molecule has 4 rings (SSSR count). The van der Waals surface area contributed by atoms with Crippen molar-refractivity contribution in [3.63, 3.8) is 0 Å². The molecule has 0 bridgehead atoms. The van der Waals surface area contributed by atoms with Crippen molar-refractivity contribution in [1.29, 1.82) is 0 Å². The van der Waals surface area contributed by atoms with Crippen LogP contribution in [0.4, 0.5) is 0 Å². The summed E-state index contributed by atoms with van der Waals surface area (Å²) in [7, 11) is 0. The third kappa shape index (κ3) is 4.65. The summed E-state index contributed by atoms with van der Waals surface area (Å²) in [4.78, 5) is 6.63. The van der Waals surface area contributed by atoms with Gasteiger partial charge in [-0.15, -0.1) is 5.10 Å². The minimum absolute atomic E-state index is 0.620. The van der Waals surface area contributed by atoms with E-state index >= 15 is 0 Å². The average Bonchev–Trinajstić information content (AvgIpc) is 3.10. The van der Waals surface area contributed by atoms with Crippen molar-refractivity contribution in [2.75, 3.05) is 6.54 Å². The molecule has 158 valence electrons. The van der Waals surface area contributed by atoms with Crippen LogP contribution in [0.3, 0.4) is 0 Å². The topological polar surface area (TPSA) is 38.9 Å². The molecule has 0 fully saturated rings. The lowest BCUT2D eigenvalue weighted by molar-refractivity contribution is 0.207. The van der Waals surface area contributed by atoms with E-state index in [9.17, 15) is 0 Å². The van der Waals surface area contributed by atoms with Gasteiger partial charge in [-0.25, -0.2) is 4.68 Å². The maximum Gasteiger partial charge on any atom is 0.204 e. The van der Waals surface area contributed by atoms with Gasteiger partial charge in [-0.05, 0) is 61.9 Å². The van der Waals surface area contributed by atoms with Crippen LogP contribution in [-0.2, 0) is 13.2 Å². The van der Waals surface area contributed by atoms with Gasteiger partial charge in [0.25, 0.3) is 0 Å². The fourth-order valence-electron chi connectivity index (χ4n) is 3.75. The summed E-state index contributed by atoms with van der Waals surface area (Å²) in [6.45, 7) is 8.74. The minimum Gasteiger partial charge on any atom is -0.280 e. The summed E-state index contributed by atoms with van der Waals surface area (Å²) in [6.07, 6.45) is 3.61. The Morgan fingerprint density at radius 2 is 1.81 bits per heavy atom. The maximum absolute atomic E-state index is 5.93. The zero-order valence-corrected chi connectivity index (χ0v) is 19.0. The Labute approximate surface area is 188 Å². The van der Waals surface area contributed by atoms with Crippen LogP contribution in [0.25, 0.3) is 17.1 Å². The lowest BCUT2D eigenvalue weighted by Gasteiger charge is -2.20. The van der Waals surface area contributed by atoms with Crippen molar-refractivity contribution in [2.24, 2.45) is 0 Å². The quantitative estimate of drug-likeness (QED) is 0.361. The summed E-state index contributed by atoms with van der Waals surface area (Å²) in [6, 6.07) is 20.9. The van der Waals surface area contributed by atoms with Crippen LogP contribution in [0.2, 0.25) is 0 Å². The molecule has 5 nitrogen and oxygen atoms in total. The zero-order chi connectivity index (χ0) is 21.8. The molecular weight excluding hydrogens is 402 g/mol. The highest BCUT2D eigenvalue weighted by Crippen LogP contribution is 2.25. The number of hydrogen-bond donors (Lipinski definition) is 0. The smallest absolute Gasteiger partial charge is 0.204 e. The largest absolute Gasteiger partial charge is 0.280 e. The molecule has 2 heterocycles. The molecule has 31 heavy (non-hydrogen) atoms. The highest BCUT2D eigenvalue weighted by molar-refractivity contribution is 7.71. The van der Waals surface area contributed by atoms with Crippen LogP contribution in [0, 0.1) is 18.6 Å². The predicted octanol–water partition coefficient (Wildman–Crippen LogP) is 5.56. The molecule has 0 atom stereocenters. The zero-order valence-electron chi connectivity index (χ0n) is 18.2. The third-order valence-electron chi connectivity index (χ3n) is 5.38. The van der Waals surface area contributed by atoms with E-state index in [1.807, 2.05) is 29.1 Å². The molecule has 0 N–H and O–H groups in total. The van der Waals surface area contributed by atoms with E-state index in [1.54, 1.807) is 6.20 Å². The normalized spacial score (nSPS) is 11.2. The number of aryl methyl sites for hydroxylation is 2. The molecule has 0 amide bonds. The van der Waals surface area contributed by atoms with Crippen molar-refractivity contribution in [3.8, 4) is 17.1 Å². The van der Waals surface area contributed by atoms with Crippen LogP contribution in [0.5, 0.6) is 0 Å². The van der Waals surface area contributed by atoms with Crippen LogP contribution in [0.1, 0.15) is 23.6 Å². The van der Waals surface area contributed by atoms with Crippen molar-refractivity contribution < 1.29 is 0 Å². The first-order valence-corrected chi connectivity index (χ1v) is 10.9. The predicted molar refractivity (Wildman–Crippen MR) is 128 cm³/mol. The minimum atomic E-state index is 0.620. The summed E-state index contributed by atoms with van der Waals surface area (Å²) in [5, 5.41) is 4.94. The first-order chi connectivity index (χ1) is 15.1. The van der Waals surface area contributed by atoms with Gasteiger partial charge in [0.05, 0.1) is 12.4 Å². The highest BCUT2D eigenvalue weighted by atomic mass is 32.1. The second-order valence-corrected chi connectivity index (χ2v) is 8.11. The summed E-state index contributed by atoms with van der Waals surface area (Å²) < 4.78 is 4.67. The maximum atomic E-state index is 5.93. The molecule has 2 aromatic heterocycles. The Morgan fingerprint density at radius 1 is 1.00 bits per heavy atom. The van der Waals surface area contributed by atoms with E-state index in [1.165, 1.54) is 11.1 Å². The molecule has 0 aliphatic heterocycles. The average molecular weight is 430 g/mol. The fraction of sp³-hybridized carbons (Fsp3) is 0.240. The number of aromatic nitrogens is 4. The Kier molecular flexibility index (Phi) is 6.39. The van der Waals surface area contributed by atoms with Crippen LogP contribution >= 0.6 is 12.2 Å². The van der Waals surface area contributed by atoms with Gasteiger partial charge in [-0.1, -0.05) is 55.0 Å². The number of hydrogen-bond acceptors (Lipinski definition) is 4. The molecule has 0 aliphatic rings. The molecule has 0 saturated heterocycles. The SMILES string of the molecule is CCN(Cc1ccccc1)Cn1nc(-c2cccnc2)n(-c2ccc(C)cc2C)c1=S. The van der Waals surface area contributed by atoms with E-state index in [-0.39, 0.29) is 0 Å². The monoisotopic (exact) mass is 429 g/mol. The first kappa shape index (κ1) is 21.2. The van der Waals surface area contributed by atoms with E-state index < -0.39 is 0 Å². The van der Waals surface area contributed by atoms with Gasteiger partial charge in [0.1, 0.15) is 0 Å². The molecular formula is C25H27N5S. The van der Waals surface area contributed by atoms with Gasteiger partial charge in [0.2, 0.25) is 4.77 Å². The first-order valence-electron chi connectivity index (χ1n) is 10.5. The van der Waals surface area contributed by atoms with Crippen LogP contribution in [0.15, 0.2) is 73.1 Å². The molecule has 2 aromatic carbocycles. The molecule has 0 saturated carbocycles. The van der Waals surface area contributed by atoms with Gasteiger partial charge in [-0.2, -0.15) is 0 Å². The number of pyridine rings is 1. The highest BCUT2D eigenvalue weighted by Gasteiger charge is 2.17. The Bertz CT molecular complexity index is 1210. The summed E-state index contributed by atoms with van der Waals surface area (Å²) in [5.74, 6) is 0.806.